The summed E-state index contributed by atoms with van der Waals surface area (Å²) in [5.41, 5.74) is 1.74. The Morgan fingerprint density at radius 3 is 2.29 bits per heavy atom. The van der Waals surface area contributed by atoms with Gasteiger partial charge in [0.2, 0.25) is 0 Å². The molecule has 0 unspecified atom stereocenters. The minimum absolute atomic E-state index is 0.0323. The van der Waals surface area contributed by atoms with Gasteiger partial charge < -0.3 is 9.47 Å². The maximum absolute atomic E-state index is 12.5. The van der Waals surface area contributed by atoms with Gasteiger partial charge in [0.05, 0.1) is 19.1 Å². The number of methoxy groups -OCH3 is 2. The molecule has 6 heteroatoms. The van der Waals surface area contributed by atoms with Gasteiger partial charge >= 0.3 is 0 Å². The third-order valence-corrected chi connectivity index (χ3v) is 3.40. The molecule has 0 spiro atoms. The van der Waals surface area contributed by atoms with Crippen LogP contribution in [0.5, 0.6) is 11.5 Å². The Morgan fingerprint density at radius 1 is 1.12 bits per heavy atom. The first-order valence-electron chi connectivity index (χ1n) is 7.15. The zero-order valence-electron chi connectivity index (χ0n) is 13.6. The summed E-state index contributed by atoms with van der Waals surface area (Å²) in [7, 11) is 2.96. The second-order valence-corrected chi connectivity index (χ2v) is 5.09. The Balaban J connectivity index is 2.36. The van der Waals surface area contributed by atoms with E-state index < -0.39 is 4.92 Å². The maximum atomic E-state index is 12.5. The molecular formula is C18H17NO5. The summed E-state index contributed by atoms with van der Waals surface area (Å²) in [4.78, 5) is 22.8. The molecule has 0 amide bonds. The summed E-state index contributed by atoms with van der Waals surface area (Å²) in [6, 6.07) is 9.53. The van der Waals surface area contributed by atoms with Crippen molar-refractivity contribution < 1.29 is 19.2 Å². The van der Waals surface area contributed by atoms with Crippen LogP contribution in [-0.2, 0) is 0 Å². The first-order chi connectivity index (χ1) is 11.5. The molecule has 0 saturated heterocycles. The number of nitro benzene ring substituents is 1. The Morgan fingerprint density at radius 2 is 1.75 bits per heavy atom. The highest BCUT2D eigenvalue weighted by molar-refractivity contribution is 6.10. The summed E-state index contributed by atoms with van der Waals surface area (Å²) in [6.07, 6.45) is 2.86. The molecule has 6 nitrogen and oxygen atoms in total. The lowest BCUT2D eigenvalue weighted by atomic mass is 10.0. The van der Waals surface area contributed by atoms with Crippen molar-refractivity contribution in [3.05, 3.63) is 69.3 Å². The zero-order chi connectivity index (χ0) is 17.7. The number of aryl methyl sites for hydroxylation is 1. The Hall–Kier alpha value is -3.15. The van der Waals surface area contributed by atoms with Gasteiger partial charge in [-0.3, -0.25) is 14.9 Å². The van der Waals surface area contributed by atoms with Gasteiger partial charge in [-0.15, -0.1) is 0 Å². The van der Waals surface area contributed by atoms with E-state index in [4.69, 9.17) is 9.47 Å². The van der Waals surface area contributed by atoms with Crippen molar-refractivity contribution in [3.8, 4) is 11.5 Å². The van der Waals surface area contributed by atoms with Gasteiger partial charge in [-0.25, -0.2) is 0 Å². The number of carbonyl (C=O) groups is 1. The molecule has 0 aliphatic heterocycles. The number of nitro groups is 1. The first-order valence-corrected chi connectivity index (χ1v) is 7.15. The molecule has 0 saturated carbocycles. The van der Waals surface area contributed by atoms with Crippen LogP contribution in [0.1, 0.15) is 21.5 Å². The molecular weight excluding hydrogens is 310 g/mol. The molecule has 2 aromatic rings. The SMILES string of the molecule is COc1cc(C)cc(OC)c1C(=O)/C=C/c1cccc([N+](=O)[O-])c1. The lowest BCUT2D eigenvalue weighted by Crippen LogP contribution is -2.03. The van der Waals surface area contributed by atoms with Crippen molar-refractivity contribution in [2.24, 2.45) is 0 Å². The van der Waals surface area contributed by atoms with Crippen LogP contribution in [0.25, 0.3) is 6.08 Å². The monoisotopic (exact) mass is 327 g/mol. The molecule has 0 N–H and O–H groups in total. The molecule has 0 aliphatic carbocycles. The van der Waals surface area contributed by atoms with E-state index >= 15 is 0 Å². The fraction of sp³-hybridized carbons (Fsp3) is 0.167. The van der Waals surface area contributed by atoms with Gasteiger partial charge in [-0.2, -0.15) is 0 Å². The second-order valence-electron chi connectivity index (χ2n) is 5.09. The number of rotatable bonds is 6. The molecule has 0 atom stereocenters. The van der Waals surface area contributed by atoms with Crippen LogP contribution in [0.4, 0.5) is 5.69 Å². The van der Waals surface area contributed by atoms with E-state index in [1.165, 1.54) is 38.5 Å². The number of ketones is 1. The van der Waals surface area contributed by atoms with E-state index in [0.717, 1.165) is 5.56 Å². The van der Waals surface area contributed by atoms with Crippen LogP contribution in [0, 0.1) is 17.0 Å². The quantitative estimate of drug-likeness (QED) is 0.349. The molecule has 0 fully saturated rings. The smallest absolute Gasteiger partial charge is 0.270 e. The summed E-state index contributed by atoms with van der Waals surface area (Å²) >= 11 is 0. The average molecular weight is 327 g/mol. The van der Waals surface area contributed by atoms with Crippen LogP contribution in [0.3, 0.4) is 0 Å². The van der Waals surface area contributed by atoms with Gasteiger partial charge in [-0.05, 0) is 36.3 Å². The average Bonchev–Trinajstić information content (AvgIpc) is 2.58. The molecule has 0 aromatic heterocycles. The van der Waals surface area contributed by atoms with Crippen LogP contribution < -0.4 is 9.47 Å². The Kier molecular flexibility index (Phi) is 5.31. The van der Waals surface area contributed by atoms with Crippen LogP contribution in [-0.4, -0.2) is 24.9 Å². The zero-order valence-corrected chi connectivity index (χ0v) is 13.6. The standard InChI is InChI=1S/C18H17NO5/c1-12-9-16(23-2)18(17(10-12)24-3)15(20)8-7-13-5-4-6-14(11-13)19(21)22/h4-11H,1-3H3/b8-7+. The van der Waals surface area contributed by atoms with Gasteiger partial charge in [0.25, 0.3) is 5.69 Å². The van der Waals surface area contributed by atoms with E-state index in [-0.39, 0.29) is 11.5 Å². The van der Waals surface area contributed by atoms with Crippen LogP contribution in [0.2, 0.25) is 0 Å². The van der Waals surface area contributed by atoms with Crippen LogP contribution in [0.15, 0.2) is 42.5 Å². The van der Waals surface area contributed by atoms with Crippen molar-refractivity contribution in [1.29, 1.82) is 0 Å². The minimum Gasteiger partial charge on any atom is -0.496 e. The van der Waals surface area contributed by atoms with Gasteiger partial charge in [0.1, 0.15) is 17.1 Å². The molecule has 0 heterocycles. The number of non-ortho nitro benzene ring substituents is 1. The number of ether oxygens (including phenoxy) is 2. The number of allylic oxidation sites excluding steroid dienone is 1. The number of hydrogen-bond donors (Lipinski definition) is 0. The lowest BCUT2D eigenvalue weighted by molar-refractivity contribution is -0.384. The van der Waals surface area contributed by atoms with Crippen molar-refractivity contribution in [1.82, 2.24) is 0 Å². The van der Waals surface area contributed by atoms with E-state index in [1.54, 1.807) is 24.3 Å². The van der Waals surface area contributed by atoms with Crippen LogP contribution >= 0.6 is 0 Å². The maximum Gasteiger partial charge on any atom is 0.270 e. The minimum atomic E-state index is -0.481. The largest absolute Gasteiger partial charge is 0.496 e. The van der Waals surface area contributed by atoms with Crippen molar-refractivity contribution >= 4 is 17.5 Å². The summed E-state index contributed by atoms with van der Waals surface area (Å²) in [5.74, 6) is 0.524. The number of carbonyl (C=O) groups excluding carboxylic acids is 1. The third-order valence-electron chi connectivity index (χ3n) is 3.40. The normalized spacial score (nSPS) is 10.6. The number of benzene rings is 2. The fourth-order valence-electron chi connectivity index (χ4n) is 2.28. The predicted molar refractivity (Wildman–Crippen MR) is 90.7 cm³/mol. The van der Waals surface area contributed by atoms with Crippen molar-refractivity contribution in [3.63, 3.8) is 0 Å². The molecule has 0 aliphatic rings. The molecule has 124 valence electrons. The van der Waals surface area contributed by atoms with Crippen molar-refractivity contribution in [2.45, 2.75) is 6.92 Å². The topological polar surface area (TPSA) is 78.7 Å². The van der Waals surface area contributed by atoms with Gasteiger partial charge in [0.15, 0.2) is 5.78 Å². The highest BCUT2D eigenvalue weighted by Gasteiger charge is 2.17. The Bertz CT molecular complexity index is 786. The second kappa shape index (κ2) is 7.41. The first kappa shape index (κ1) is 17.2. The summed E-state index contributed by atoms with van der Waals surface area (Å²) in [5, 5.41) is 10.8. The predicted octanol–water partition coefficient (Wildman–Crippen LogP) is 3.82. The molecule has 2 aromatic carbocycles. The lowest BCUT2D eigenvalue weighted by Gasteiger charge is -2.12. The molecule has 24 heavy (non-hydrogen) atoms. The number of nitrogens with zero attached hydrogens (tertiary/aromatic N) is 1. The molecule has 2 rings (SSSR count). The molecule has 0 radical (unpaired) electrons. The van der Waals surface area contributed by atoms with Gasteiger partial charge in [-0.1, -0.05) is 18.2 Å². The summed E-state index contributed by atoms with van der Waals surface area (Å²) in [6.45, 7) is 1.87. The molecule has 0 bridgehead atoms. The van der Waals surface area contributed by atoms with E-state index in [9.17, 15) is 14.9 Å². The van der Waals surface area contributed by atoms with Crippen molar-refractivity contribution in [2.75, 3.05) is 14.2 Å². The summed E-state index contributed by atoms with van der Waals surface area (Å²) < 4.78 is 10.5. The third kappa shape index (κ3) is 3.78. The van der Waals surface area contributed by atoms with E-state index in [0.29, 0.717) is 22.6 Å². The number of hydrogen-bond acceptors (Lipinski definition) is 5. The van der Waals surface area contributed by atoms with E-state index in [1.807, 2.05) is 6.92 Å². The Labute approximate surface area is 139 Å². The van der Waals surface area contributed by atoms with E-state index in [2.05, 4.69) is 0 Å². The fourth-order valence-corrected chi connectivity index (χ4v) is 2.28. The van der Waals surface area contributed by atoms with Gasteiger partial charge in [0, 0.05) is 12.1 Å². The highest BCUT2D eigenvalue weighted by Crippen LogP contribution is 2.31. The highest BCUT2D eigenvalue weighted by atomic mass is 16.6.